The van der Waals surface area contributed by atoms with E-state index in [0.717, 1.165) is 18.4 Å². The highest BCUT2D eigenvalue weighted by molar-refractivity contribution is 5.82. The van der Waals surface area contributed by atoms with Crippen molar-refractivity contribution < 1.29 is 4.79 Å². The van der Waals surface area contributed by atoms with Crippen molar-refractivity contribution in [3.63, 3.8) is 0 Å². The maximum Gasteiger partial charge on any atom is 0.222 e. The van der Waals surface area contributed by atoms with Crippen molar-refractivity contribution >= 4 is 5.91 Å². The highest BCUT2D eigenvalue weighted by Gasteiger charge is 2.23. The number of carbonyl (C=O) groups is 1. The van der Waals surface area contributed by atoms with Gasteiger partial charge in [0.15, 0.2) is 0 Å². The molecule has 2 nitrogen and oxygen atoms in total. The molecular formula is C13H13NO. The summed E-state index contributed by atoms with van der Waals surface area (Å²) in [5, 5.41) is 2.83. The molecule has 1 heterocycles. The predicted octanol–water partition coefficient (Wildman–Crippen LogP) is 1.71. The van der Waals surface area contributed by atoms with Gasteiger partial charge < -0.3 is 5.32 Å². The highest BCUT2D eigenvalue weighted by Crippen LogP contribution is 2.09. The average Bonchev–Trinajstić information content (AvgIpc) is 2.23. The van der Waals surface area contributed by atoms with E-state index < -0.39 is 0 Å². The van der Waals surface area contributed by atoms with Crippen LogP contribution in [0.2, 0.25) is 0 Å². The SMILES string of the molecule is O=C1CC(CCC#Cc2ccccc2)N1. The largest absolute Gasteiger partial charge is 0.353 e. The molecule has 0 aromatic heterocycles. The van der Waals surface area contributed by atoms with Crippen molar-refractivity contribution in [2.24, 2.45) is 0 Å². The second-order valence-electron chi connectivity index (χ2n) is 3.68. The van der Waals surface area contributed by atoms with Gasteiger partial charge in [0.25, 0.3) is 0 Å². The first-order valence-corrected chi connectivity index (χ1v) is 5.18. The Morgan fingerprint density at radius 1 is 1.33 bits per heavy atom. The minimum absolute atomic E-state index is 0.163. The van der Waals surface area contributed by atoms with Gasteiger partial charge in [-0.3, -0.25) is 4.79 Å². The number of hydrogen-bond donors (Lipinski definition) is 1. The Bertz CT molecular complexity index is 392. The van der Waals surface area contributed by atoms with Crippen LogP contribution < -0.4 is 5.32 Å². The number of carbonyl (C=O) groups excluding carboxylic acids is 1. The molecule has 0 bridgehead atoms. The normalized spacial score (nSPS) is 18.4. The summed E-state index contributed by atoms with van der Waals surface area (Å²) in [6, 6.07) is 10.3. The van der Waals surface area contributed by atoms with Crippen molar-refractivity contribution in [3.8, 4) is 11.8 Å². The minimum Gasteiger partial charge on any atom is -0.353 e. The molecule has 1 saturated heterocycles. The number of β-lactam (4-membered cyclic amide) rings is 1. The van der Waals surface area contributed by atoms with Crippen LogP contribution >= 0.6 is 0 Å². The fourth-order valence-corrected chi connectivity index (χ4v) is 1.54. The van der Waals surface area contributed by atoms with Gasteiger partial charge in [-0.25, -0.2) is 0 Å². The average molecular weight is 199 g/mol. The Morgan fingerprint density at radius 3 is 2.73 bits per heavy atom. The van der Waals surface area contributed by atoms with E-state index in [4.69, 9.17) is 0 Å². The van der Waals surface area contributed by atoms with Crippen LogP contribution in [0, 0.1) is 11.8 Å². The molecule has 0 saturated carbocycles. The van der Waals surface area contributed by atoms with Gasteiger partial charge >= 0.3 is 0 Å². The van der Waals surface area contributed by atoms with Crippen molar-refractivity contribution in [3.05, 3.63) is 35.9 Å². The molecule has 1 aliphatic rings. The summed E-state index contributed by atoms with van der Waals surface area (Å²) in [7, 11) is 0. The van der Waals surface area contributed by atoms with Crippen molar-refractivity contribution in [2.75, 3.05) is 0 Å². The summed E-state index contributed by atoms with van der Waals surface area (Å²) in [4.78, 5) is 10.6. The van der Waals surface area contributed by atoms with Gasteiger partial charge in [0.1, 0.15) is 0 Å². The molecule has 76 valence electrons. The quantitative estimate of drug-likeness (QED) is 0.570. The van der Waals surface area contributed by atoms with E-state index in [1.54, 1.807) is 0 Å². The summed E-state index contributed by atoms with van der Waals surface area (Å²) in [6.07, 6.45) is 2.48. The van der Waals surface area contributed by atoms with Gasteiger partial charge in [-0.2, -0.15) is 0 Å². The maximum atomic E-state index is 10.6. The smallest absolute Gasteiger partial charge is 0.222 e. The van der Waals surface area contributed by atoms with Crippen molar-refractivity contribution in [1.82, 2.24) is 5.32 Å². The molecular weight excluding hydrogens is 186 g/mol. The second kappa shape index (κ2) is 4.65. The van der Waals surface area contributed by atoms with E-state index in [9.17, 15) is 4.79 Å². The number of nitrogens with one attached hydrogen (secondary N) is 1. The molecule has 2 rings (SSSR count). The van der Waals surface area contributed by atoms with Gasteiger partial charge in [-0.1, -0.05) is 30.0 Å². The molecule has 1 aliphatic heterocycles. The fourth-order valence-electron chi connectivity index (χ4n) is 1.54. The van der Waals surface area contributed by atoms with Crippen LogP contribution in [-0.2, 0) is 4.79 Å². The summed E-state index contributed by atoms with van der Waals surface area (Å²) >= 11 is 0. The van der Waals surface area contributed by atoms with Crippen LogP contribution in [0.3, 0.4) is 0 Å². The fraction of sp³-hybridized carbons (Fsp3) is 0.308. The molecule has 1 atom stereocenters. The molecule has 0 spiro atoms. The number of benzene rings is 1. The van der Waals surface area contributed by atoms with E-state index in [0.29, 0.717) is 12.5 Å². The molecule has 1 aromatic carbocycles. The summed E-state index contributed by atoms with van der Waals surface area (Å²) in [5.74, 6) is 6.37. The first-order chi connectivity index (χ1) is 7.34. The van der Waals surface area contributed by atoms with Crippen molar-refractivity contribution in [1.29, 1.82) is 0 Å². The second-order valence-corrected chi connectivity index (χ2v) is 3.68. The molecule has 1 N–H and O–H groups in total. The Labute approximate surface area is 89.7 Å². The van der Waals surface area contributed by atoms with E-state index in [1.165, 1.54) is 0 Å². The lowest BCUT2D eigenvalue weighted by atomic mass is 10.0. The molecule has 1 fully saturated rings. The molecule has 1 unspecified atom stereocenters. The van der Waals surface area contributed by atoms with Gasteiger partial charge in [0.2, 0.25) is 5.91 Å². The minimum atomic E-state index is 0.163. The van der Waals surface area contributed by atoms with Gasteiger partial charge in [-0.15, -0.1) is 0 Å². The predicted molar refractivity (Wildman–Crippen MR) is 59.1 cm³/mol. The van der Waals surface area contributed by atoms with Crippen molar-refractivity contribution in [2.45, 2.75) is 25.3 Å². The monoisotopic (exact) mass is 199 g/mol. The number of amides is 1. The molecule has 0 aliphatic carbocycles. The van der Waals surface area contributed by atoms with E-state index >= 15 is 0 Å². The van der Waals surface area contributed by atoms with Crippen LogP contribution in [0.1, 0.15) is 24.8 Å². The van der Waals surface area contributed by atoms with Gasteiger partial charge in [0, 0.05) is 24.4 Å². The van der Waals surface area contributed by atoms with Gasteiger partial charge in [-0.05, 0) is 18.6 Å². The maximum absolute atomic E-state index is 10.6. The topological polar surface area (TPSA) is 29.1 Å². The number of hydrogen-bond acceptors (Lipinski definition) is 1. The Hall–Kier alpha value is -1.75. The molecule has 15 heavy (non-hydrogen) atoms. The summed E-state index contributed by atoms with van der Waals surface area (Å²) in [5.41, 5.74) is 1.05. The van der Waals surface area contributed by atoms with Crippen LogP contribution in [0.4, 0.5) is 0 Å². The van der Waals surface area contributed by atoms with E-state index in [-0.39, 0.29) is 5.91 Å². The highest BCUT2D eigenvalue weighted by atomic mass is 16.2. The third-order valence-electron chi connectivity index (χ3n) is 2.42. The lowest BCUT2D eigenvalue weighted by Gasteiger charge is -2.25. The van der Waals surface area contributed by atoms with Crippen LogP contribution in [0.15, 0.2) is 30.3 Å². The van der Waals surface area contributed by atoms with Crippen LogP contribution in [-0.4, -0.2) is 11.9 Å². The molecule has 1 aromatic rings. The lowest BCUT2D eigenvalue weighted by molar-refractivity contribution is -0.128. The van der Waals surface area contributed by atoms with E-state index in [2.05, 4.69) is 17.2 Å². The first-order valence-electron chi connectivity index (χ1n) is 5.18. The summed E-state index contributed by atoms with van der Waals surface area (Å²) in [6.45, 7) is 0. The van der Waals surface area contributed by atoms with Crippen LogP contribution in [0.5, 0.6) is 0 Å². The first kappa shape index (κ1) is 9.79. The lowest BCUT2D eigenvalue weighted by Crippen LogP contribution is -2.48. The number of rotatable bonds is 2. The van der Waals surface area contributed by atoms with Gasteiger partial charge in [0.05, 0.1) is 0 Å². The molecule has 0 radical (unpaired) electrons. The Balaban J connectivity index is 1.74. The summed E-state index contributed by atoms with van der Waals surface area (Å²) < 4.78 is 0. The third-order valence-corrected chi connectivity index (χ3v) is 2.42. The Kier molecular flexibility index (Phi) is 3.04. The molecule has 2 heteroatoms. The zero-order valence-electron chi connectivity index (χ0n) is 8.49. The molecule has 1 amide bonds. The van der Waals surface area contributed by atoms with E-state index in [1.807, 2.05) is 30.3 Å². The zero-order chi connectivity index (χ0) is 10.5. The zero-order valence-corrected chi connectivity index (χ0v) is 8.49. The van der Waals surface area contributed by atoms with Crippen LogP contribution in [0.25, 0.3) is 0 Å². The Morgan fingerprint density at radius 2 is 2.07 bits per heavy atom. The standard InChI is InChI=1S/C13H13NO/c15-13-10-12(14-13)9-5-4-8-11-6-2-1-3-7-11/h1-3,6-7,12H,5,9-10H2,(H,14,15). The third kappa shape index (κ3) is 2.85.